The van der Waals surface area contributed by atoms with E-state index in [9.17, 15) is 15.0 Å². The standard InChI is InChI=1S/C20H30O3/c1-19-8-7-16-14(15(19)5-6-18(19)23)4-3-13-9-17(22)12(11-21)10-20(13,16)2/h11,13-16,18,21,23H,3-10H2,1-2H3/b12-11-/t13-,14-,15-,16-,18+,19-,20-/m0/s1. The number of Topliss-reactive ketones (excluding diaryl/α,β-unsaturated/α-hetero) is 1. The lowest BCUT2D eigenvalue weighted by Crippen LogP contribution is -2.54. The van der Waals surface area contributed by atoms with Gasteiger partial charge in [0, 0.05) is 12.0 Å². The summed E-state index contributed by atoms with van der Waals surface area (Å²) >= 11 is 0. The molecule has 4 aliphatic carbocycles. The van der Waals surface area contributed by atoms with E-state index in [1.807, 2.05) is 0 Å². The lowest BCUT2D eigenvalue weighted by atomic mass is 9.45. The summed E-state index contributed by atoms with van der Waals surface area (Å²) in [5.41, 5.74) is 0.911. The van der Waals surface area contributed by atoms with Gasteiger partial charge in [0.1, 0.15) is 0 Å². The van der Waals surface area contributed by atoms with Crippen molar-refractivity contribution in [2.75, 3.05) is 0 Å². The van der Waals surface area contributed by atoms with E-state index in [2.05, 4.69) is 13.8 Å². The van der Waals surface area contributed by atoms with Gasteiger partial charge in [-0.25, -0.2) is 0 Å². The molecule has 0 aliphatic heterocycles. The predicted molar refractivity (Wildman–Crippen MR) is 88.8 cm³/mol. The van der Waals surface area contributed by atoms with Crippen molar-refractivity contribution in [3.63, 3.8) is 0 Å². The predicted octanol–water partition coefficient (Wildman–Crippen LogP) is 4.01. The van der Waals surface area contributed by atoms with Crippen LogP contribution in [0.2, 0.25) is 0 Å². The summed E-state index contributed by atoms with van der Waals surface area (Å²) in [6.45, 7) is 4.68. The summed E-state index contributed by atoms with van der Waals surface area (Å²) < 4.78 is 0. The molecule has 3 heteroatoms. The van der Waals surface area contributed by atoms with Crippen LogP contribution >= 0.6 is 0 Å². The Labute approximate surface area is 139 Å². The molecule has 0 radical (unpaired) electrons. The molecule has 2 N–H and O–H groups in total. The number of carbonyl (C=O) groups excluding carboxylic acids is 1. The molecule has 0 unspecified atom stereocenters. The molecule has 0 saturated heterocycles. The Morgan fingerprint density at radius 2 is 1.78 bits per heavy atom. The van der Waals surface area contributed by atoms with E-state index < -0.39 is 0 Å². The molecular weight excluding hydrogens is 288 g/mol. The van der Waals surface area contributed by atoms with Crippen molar-refractivity contribution in [1.29, 1.82) is 0 Å². The van der Waals surface area contributed by atoms with Crippen LogP contribution in [0, 0.1) is 34.5 Å². The molecule has 0 amide bonds. The smallest absolute Gasteiger partial charge is 0.162 e. The maximum atomic E-state index is 12.2. The van der Waals surface area contributed by atoms with Crippen LogP contribution in [0.15, 0.2) is 11.8 Å². The van der Waals surface area contributed by atoms with Gasteiger partial charge >= 0.3 is 0 Å². The normalized spacial score (nSPS) is 54.5. The minimum atomic E-state index is -0.125. The van der Waals surface area contributed by atoms with Gasteiger partial charge in [-0.1, -0.05) is 13.8 Å². The SMILES string of the molecule is C[C@]12C/C(=C/O)C(=O)C[C@@H]1CC[C@@H]1[C@@H]2CC[C@]2(C)[C@H](O)CC[C@@H]12. The Morgan fingerprint density at radius 1 is 1.04 bits per heavy atom. The van der Waals surface area contributed by atoms with Gasteiger partial charge in [0.15, 0.2) is 5.78 Å². The molecule has 0 bridgehead atoms. The lowest BCUT2D eigenvalue weighted by molar-refractivity contribution is -0.135. The fourth-order valence-electron chi connectivity index (χ4n) is 7.10. The molecule has 0 spiro atoms. The molecule has 4 rings (SSSR count). The summed E-state index contributed by atoms with van der Waals surface area (Å²) in [5.74, 6) is 2.63. The van der Waals surface area contributed by atoms with Crippen LogP contribution in [-0.2, 0) is 4.79 Å². The van der Waals surface area contributed by atoms with Gasteiger partial charge in [-0.15, -0.1) is 0 Å². The van der Waals surface area contributed by atoms with Crippen molar-refractivity contribution < 1.29 is 15.0 Å². The van der Waals surface area contributed by atoms with E-state index >= 15 is 0 Å². The molecule has 4 fully saturated rings. The monoisotopic (exact) mass is 318 g/mol. The molecule has 3 nitrogen and oxygen atoms in total. The molecule has 0 aromatic heterocycles. The zero-order valence-electron chi connectivity index (χ0n) is 14.4. The highest BCUT2D eigenvalue weighted by molar-refractivity contribution is 5.96. The number of hydrogen-bond donors (Lipinski definition) is 2. The molecule has 0 aromatic carbocycles. The van der Waals surface area contributed by atoms with E-state index in [1.54, 1.807) is 0 Å². The molecule has 128 valence electrons. The van der Waals surface area contributed by atoms with Crippen molar-refractivity contribution in [2.24, 2.45) is 34.5 Å². The fraction of sp³-hybridized carbons (Fsp3) is 0.850. The summed E-state index contributed by atoms with van der Waals surface area (Å²) in [4.78, 5) is 12.2. The van der Waals surface area contributed by atoms with Crippen LogP contribution in [0.1, 0.15) is 65.2 Å². The summed E-state index contributed by atoms with van der Waals surface area (Å²) in [6.07, 6.45) is 9.11. The third-order valence-corrected chi connectivity index (χ3v) is 8.53. The molecular formula is C20H30O3. The number of rotatable bonds is 0. The van der Waals surface area contributed by atoms with E-state index in [0.29, 0.717) is 35.7 Å². The molecule has 4 aliphatic rings. The van der Waals surface area contributed by atoms with Gasteiger partial charge in [0.2, 0.25) is 0 Å². The number of aliphatic hydroxyl groups excluding tert-OH is 2. The average Bonchev–Trinajstić information content (AvgIpc) is 2.83. The van der Waals surface area contributed by atoms with Gasteiger partial charge in [-0.05, 0) is 79.4 Å². The van der Waals surface area contributed by atoms with Crippen LogP contribution in [0.25, 0.3) is 0 Å². The number of carbonyl (C=O) groups is 1. The first-order valence-electron chi connectivity index (χ1n) is 9.44. The molecule has 0 aromatic rings. The maximum Gasteiger partial charge on any atom is 0.162 e. The maximum absolute atomic E-state index is 12.2. The first-order valence-corrected chi connectivity index (χ1v) is 9.44. The van der Waals surface area contributed by atoms with Gasteiger partial charge in [-0.3, -0.25) is 4.79 Å². The molecule has 0 heterocycles. The van der Waals surface area contributed by atoms with Crippen LogP contribution < -0.4 is 0 Å². The quantitative estimate of drug-likeness (QED) is 0.524. The van der Waals surface area contributed by atoms with Gasteiger partial charge in [0.25, 0.3) is 0 Å². The molecule has 4 saturated carbocycles. The molecule has 23 heavy (non-hydrogen) atoms. The third-order valence-electron chi connectivity index (χ3n) is 8.53. The van der Waals surface area contributed by atoms with E-state index in [-0.39, 0.29) is 22.7 Å². The zero-order valence-corrected chi connectivity index (χ0v) is 14.4. The lowest BCUT2D eigenvalue weighted by Gasteiger charge is -2.60. The summed E-state index contributed by atoms with van der Waals surface area (Å²) in [7, 11) is 0. The second-order valence-electron chi connectivity index (χ2n) is 9.25. The van der Waals surface area contributed by atoms with Gasteiger partial charge < -0.3 is 10.2 Å². The van der Waals surface area contributed by atoms with Gasteiger partial charge in [0.05, 0.1) is 12.4 Å². The summed E-state index contributed by atoms with van der Waals surface area (Å²) in [5, 5.41) is 20.0. The topological polar surface area (TPSA) is 57.5 Å². The zero-order chi connectivity index (χ0) is 16.4. The van der Waals surface area contributed by atoms with Crippen LogP contribution in [0.4, 0.5) is 0 Å². The largest absolute Gasteiger partial charge is 0.515 e. The van der Waals surface area contributed by atoms with Crippen molar-refractivity contribution in [3.05, 3.63) is 11.8 Å². The van der Waals surface area contributed by atoms with Crippen molar-refractivity contribution in [3.8, 4) is 0 Å². The highest BCUT2D eigenvalue weighted by atomic mass is 16.3. The Balaban J connectivity index is 1.66. The Hall–Kier alpha value is -0.830. The second-order valence-corrected chi connectivity index (χ2v) is 9.25. The second kappa shape index (κ2) is 5.08. The Bertz CT molecular complexity index is 553. The van der Waals surface area contributed by atoms with Crippen LogP contribution in [-0.4, -0.2) is 22.1 Å². The van der Waals surface area contributed by atoms with Gasteiger partial charge in [-0.2, -0.15) is 0 Å². The third kappa shape index (κ3) is 2.01. The Kier molecular flexibility index (Phi) is 3.46. The average molecular weight is 318 g/mol. The highest BCUT2D eigenvalue weighted by Crippen LogP contribution is 2.66. The van der Waals surface area contributed by atoms with Crippen molar-refractivity contribution in [1.82, 2.24) is 0 Å². The van der Waals surface area contributed by atoms with Crippen LogP contribution in [0.5, 0.6) is 0 Å². The first kappa shape index (κ1) is 15.7. The number of hydrogen-bond acceptors (Lipinski definition) is 3. The number of fused-ring (bicyclic) bond motifs is 5. The van der Waals surface area contributed by atoms with Crippen molar-refractivity contribution in [2.45, 2.75) is 71.3 Å². The highest BCUT2D eigenvalue weighted by Gasteiger charge is 2.60. The Morgan fingerprint density at radius 3 is 2.52 bits per heavy atom. The van der Waals surface area contributed by atoms with Crippen molar-refractivity contribution >= 4 is 5.78 Å². The minimum Gasteiger partial charge on any atom is -0.515 e. The number of ketones is 1. The summed E-state index contributed by atoms with van der Waals surface area (Å²) in [6, 6.07) is 0. The first-order chi connectivity index (χ1) is 10.9. The minimum absolute atomic E-state index is 0.116. The fourth-order valence-corrected chi connectivity index (χ4v) is 7.10. The van der Waals surface area contributed by atoms with Crippen LogP contribution in [0.3, 0.4) is 0 Å². The molecule has 7 atom stereocenters. The van der Waals surface area contributed by atoms with E-state index in [4.69, 9.17) is 0 Å². The number of allylic oxidation sites excluding steroid dienone is 1. The number of aliphatic hydroxyl groups is 2. The van der Waals surface area contributed by atoms with E-state index in [1.165, 1.54) is 19.3 Å². The van der Waals surface area contributed by atoms with E-state index in [0.717, 1.165) is 31.9 Å².